The van der Waals surface area contributed by atoms with E-state index >= 15 is 0 Å². The van der Waals surface area contributed by atoms with Crippen LogP contribution in [0.5, 0.6) is 0 Å². The third-order valence-corrected chi connectivity index (χ3v) is 4.90. The van der Waals surface area contributed by atoms with Gasteiger partial charge >= 0.3 is 0 Å². The lowest BCUT2D eigenvalue weighted by atomic mass is 10.1. The predicted octanol–water partition coefficient (Wildman–Crippen LogP) is 4.74. The normalized spacial score (nSPS) is 12.5. The first kappa shape index (κ1) is 14.8. The van der Waals surface area contributed by atoms with Crippen molar-refractivity contribution in [3.05, 3.63) is 58.1 Å². The van der Waals surface area contributed by atoms with Crippen molar-refractivity contribution in [1.29, 1.82) is 0 Å². The van der Waals surface area contributed by atoms with Crippen LogP contribution in [0.15, 0.2) is 34.7 Å². The van der Waals surface area contributed by atoms with E-state index in [1.807, 2.05) is 32.0 Å². The topological polar surface area (TPSA) is 42.2 Å². The van der Waals surface area contributed by atoms with Gasteiger partial charge in [0.1, 0.15) is 17.3 Å². The Hall–Kier alpha value is -2.14. The van der Waals surface area contributed by atoms with Crippen molar-refractivity contribution in [3.63, 3.8) is 0 Å². The molecule has 2 aromatic heterocycles. The number of rotatable bonds is 3. The van der Waals surface area contributed by atoms with E-state index in [9.17, 15) is 9.18 Å². The lowest BCUT2D eigenvalue weighted by molar-refractivity contribution is 0.0939. The predicted molar refractivity (Wildman–Crippen MR) is 85.8 cm³/mol. The maximum atomic E-state index is 13.9. The van der Waals surface area contributed by atoms with Gasteiger partial charge in [-0.3, -0.25) is 4.79 Å². The van der Waals surface area contributed by atoms with E-state index in [1.165, 1.54) is 17.4 Å². The number of furan rings is 1. The molecule has 1 atom stereocenters. The number of amides is 1. The average molecular weight is 317 g/mol. The summed E-state index contributed by atoms with van der Waals surface area (Å²) in [6.45, 7) is 5.49. The van der Waals surface area contributed by atoms with Gasteiger partial charge in [-0.25, -0.2) is 4.39 Å². The average Bonchev–Trinajstić information content (AvgIpc) is 3.04. The number of halogens is 1. The molecule has 22 heavy (non-hydrogen) atoms. The number of benzene rings is 1. The molecule has 0 saturated carbocycles. The van der Waals surface area contributed by atoms with E-state index in [4.69, 9.17) is 4.42 Å². The second kappa shape index (κ2) is 5.57. The number of aryl methyl sites for hydroxylation is 2. The number of thiophene rings is 1. The summed E-state index contributed by atoms with van der Waals surface area (Å²) in [6.07, 6.45) is 0. The van der Waals surface area contributed by atoms with Gasteiger partial charge in [0.25, 0.3) is 5.91 Å². The molecule has 1 unspecified atom stereocenters. The molecule has 3 rings (SSSR count). The summed E-state index contributed by atoms with van der Waals surface area (Å²) < 4.78 is 20.2. The van der Waals surface area contributed by atoms with Crippen LogP contribution < -0.4 is 5.32 Å². The molecule has 0 aliphatic carbocycles. The lowest BCUT2D eigenvalue weighted by Gasteiger charge is -2.11. The van der Waals surface area contributed by atoms with E-state index in [2.05, 4.69) is 5.32 Å². The first-order valence-corrected chi connectivity index (χ1v) is 7.84. The lowest BCUT2D eigenvalue weighted by Crippen LogP contribution is -2.26. The zero-order chi connectivity index (χ0) is 15.9. The van der Waals surface area contributed by atoms with Crippen LogP contribution >= 0.6 is 11.3 Å². The molecule has 0 radical (unpaired) electrons. The molecule has 0 aliphatic rings. The van der Waals surface area contributed by atoms with E-state index in [0.717, 1.165) is 10.5 Å². The van der Waals surface area contributed by atoms with E-state index < -0.39 is 0 Å². The third kappa shape index (κ3) is 2.52. The molecule has 1 amide bonds. The molecule has 1 N–H and O–H groups in total. The largest absolute Gasteiger partial charge is 0.464 e. The highest BCUT2D eigenvalue weighted by atomic mass is 32.1. The smallest absolute Gasteiger partial charge is 0.262 e. The molecule has 114 valence electrons. The summed E-state index contributed by atoms with van der Waals surface area (Å²) in [6, 6.07) is 8.36. The molecule has 0 saturated heterocycles. The quantitative estimate of drug-likeness (QED) is 0.758. The Bertz CT molecular complexity index is 850. The fourth-order valence-electron chi connectivity index (χ4n) is 2.49. The second-order valence-electron chi connectivity index (χ2n) is 5.31. The first-order chi connectivity index (χ1) is 10.5. The molecule has 0 fully saturated rings. The van der Waals surface area contributed by atoms with Crippen LogP contribution in [0.2, 0.25) is 0 Å². The Kier molecular flexibility index (Phi) is 3.74. The molecular weight excluding hydrogens is 301 g/mol. The van der Waals surface area contributed by atoms with Crippen molar-refractivity contribution in [3.8, 4) is 0 Å². The fraction of sp³-hybridized carbons (Fsp3) is 0.235. The van der Waals surface area contributed by atoms with Crippen molar-refractivity contribution in [1.82, 2.24) is 5.32 Å². The van der Waals surface area contributed by atoms with Crippen LogP contribution in [0.3, 0.4) is 0 Å². The maximum Gasteiger partial charge on any atom is 0.262 e. The number of hydrogen-bond donors (Lipinski definition) is 1. The fourth-order valence-corrected chi connectivity index (χ4v) is 3.62. The van der Waals surface area contributed by atoms with Crippen molar-refractivity contribution in [2.24, 2.45) is 0 Å². The SMILES string of the molecule is Cc1ccc(C(C)NC(=O)c2sc3cccc(F)c3c2C)o1. The van der Waals surface area contributed by atoms with Crippen molar-refractivity contribution in [2.45, 2.75) is 26.8 Å². The first-order valence-electron chi connectivity index (χ1n) is 7.02. The summed E-state index contributed by atoms with van der Waals surface area (Å²) in [5, 5.41) is 3.43. The maximum absolute atomic E-state index is 13.9. The van der Waals surface area contributed by atoms with Gasteiger partial charge in [0.05, 0.1) is 10.9 Å². The van der Waals surface area contributed by atoms with Crippen molar-refractivity contribution in [2.75, 3.05) is 0 Å². The summed E-state index contributed by atoms with van der Waals surface area (Å²) in [5.41, 5.74) is 0.679. The summed E-state index contributed by atoms with van der Waals surface area (Å²) >= 11 is 1.31. The zero-order valence-electron chi connectivity index (χ0n) is 12.6. The van der Waals surface area contributed by atoms with Gasteiger partial charge in [0.15, 0.2) is 0 Å². The third-order valence-electron chi connectivity index (χ3n) is 3.64. The highest BCUT2D eigenvalue weighted by molar-refractivity contribution is 7.21. The molecule has 0 bridgehead atoms. The summed E-state index contributed by atoms with van der Waals surface area (Å²) in [4.78, 5) is 13.0. The number of nitrogens with one attached hydrogen (secondary N) is 1. The molecular formula is C17H16FNO2S. The molecule has 0 spiro atoms. The summed E-state index contributed by atoms with van der Waals surface area (Å²) in [7, 11) is 0. The van der Waals surface area contributed by atoms with Crippen LogP contribution in [-0.2, 0) is 0 Å². The summed E-state index contributed by atoms with van der Waals surface area (Å²) in [5.74, 6) is 1.01. The highest BCUT2D eigenvalue weighted by Crippen LogP contribution is 2.32. The monoisotopic (exact) mass is 317 g/mol. The standard InChI is InChI=1S/C17H16FNO2S/c1-9-7-8-13(21-9)11(3)19-17(20)16-10(2)15-12(18)5-4-6-14(15)22-16/h4-8,11H,1-3H3,(H,19,20). The van der Waals surface area contributed by atoms with E-state index in [-0.39, 0.29) is 17.8 Å². The van der Waals surface area contributed by atoms with Crippen LogP contribution in [0, 0.1) is 19.7 Å². The Morgan fingerprint density at radius 1 is 1.27 bits per heavy atom. The number of carbonyl (C=O) groups is 1. The Balaban J connectivity index is 1.89. The second-order valence-corrected chi connectivity index (χ2v) is 6.36. The van der Waals surface area contributed by atoms with Gasteiger partial charge in [-0.1, -0.05) is 6.07 Å². The van der Waals surface area contributed by atoms with Crippen LogP contribution in [0.25, 0.3) is 10.1 Å². The van der Waals surface area contributed by atoms with Gasteiger partial charge in [-0.05, 0) is 50.6 Å². The van der Waals surface area contributed by atoms with Crippen LogP contribution in [0.1, 0.15) is 39.7 Å². The van der Waals surface area contributed by atoms with Gasteiger partial charge in [0, 0.05) is 10.1 Å². The van der Waals surface area contributed by atoms with Crippen LogP contribution in [0.4, 0.5) is 4.39 Å². The van der Waals surface area contributed by atoms with E-state index in [1.54, 1.807) is 13.0 Å². The molecule has 5 heteroatoms. The van der Waals surface area contributed by atoms with Crippen LogP contribution in [-0.4, -0.2) is 5.91 Å². The van der Waals surface area contributed by atoms with Gasteiger partial charge < -0.3 is 9.73 Å². The number of carbonyl (C=O) groups excluding carboxylic acids is 1. The molecule has 3 nitrogen and oxygen atoms in total. The Labute approximate surface area is 131 Å². The van der Waals surface area contributed by atoms with E-state index in [0.29, 0.717) is 21.6 Å². The minimum absolute atomic E-state index is 0.209. The minimum atomic E-state index is -0.292. The van der Waals surface area contributed by atoms with Crippen molar-refractivity contribution >= 4 is 27.3 Å². The number of fused-ring (bicyclic) bond motifs is 1. The number of hydrogen-bond acceptors (Lipinski definition) is 3. The Morgan fingerprint density at radius 2 is 2.05 bits per heavy atom. The zero-order valence-corrected chi connectivity index (χ0v) is 13.4. The highest BCUT2D eigenvalue weighted by Gasteiger charge is 2.20. The van der Waals surface area contributed by atoms with Crippen molar-refractivity contribution < 1.29 is 13.6 Å². The van der Waals surface area contributed by atoms with Gasteiger partial charge in [0.2, 0.25) is 0 Å². The molecule has 2 heterocycles. The molecule has 3 aromatic rings. The minimum Gasteiger partial charge on any atom is -0.464 e. The molecule has 0 aliphatic heterocycles. The van der Waals surface area contributed by atoms with Gasteiger partial charge in [-0.15, -0.1) is 11.3 Å². The van der Waals surface area contributed by atoms with Gasteiger partial charge in [-0.2, -0.15) is 0 Å². The Morgan fingerprint density at radius 3 is 2.68 bits per heavy atom. The molecule has 1 aromatic carbocycles.